The molecule has 0 saturated heterocycles. The first-order valence-electron chi connectivity index (χ1n) is 4.88. The zero-order chi connectivity index (χ0) is 12.4. The van der Waals surface area contributed by atoms with E-state index in [1.807, 2.05) is 0 Å². The molecule has 0 atom stereocenters. The first-order valence-corrected chi connectivity index (χ1v) is 5.26. The summed E-state index contributed by atoms with van der Waals surface area (Å²) in [4.78, 5) is 4.11. The van der Waals surface area contributed by atoms with Crippen molar-refractivity contribution >= 4 is 17.3 Å². The average molecular weight is 253 g/mol. The molecule has 2 rings (SSSR count). The lowest BCUT2D eigenvalue weighted by Gasteiger charge is -2.09. The minimum Gasteiger partial charge on any atom is -0.479 e. The molecule has 5 heteroatoms. The van der Waals surface area contributed by atoms with Crippen LogP contribution in [0.2, 0.25) is 5.02 Å². The molecular weight excluding hydrogens is 243 g/mol. The van der Waals surface area contributed by atoms with Crippen LogP contribution >= 0.6 is 11.6 Å². The van der Waals surface area contributed by atoms with E-state index in [1.165, 1.54) is 19.2 Å². The number of benzene rings is 1. The maximum Gasteiger partial charge on any atom is 0.239 e. The normalized spacial score (nSPS) is 10.3. The lowest BCUT2D eigenvalue weighted by Crippen LogP contribution is -1.98. The third-order valence-electron chi connectivity index (χ3n) is 2.32. The number of ether oxygens (including phenoxy) is 1. The molecule has 0 bridgehead atoms. The minimum absolute atomic E-state index is 0.191. The Labute approximate surface area is 103 Å². The molecular formula is C12H10ClFN2O. The van der Waals surface area contributed by atoms with Gasteiger partial charge in [0.05, 0.1) is 17.8 Å². The van der Waals surface area contributed by atoms with Crippen molar-refractivity contribution in [3.63, 3.8) is 0 Å². The number of nitrogen functional groups attached to an aromatic ring is 1. The van der Waals surface area contributed by atoms with Crippen molar-refractivity contribution < 1.29 is 9.13 Å². The van der Waals surface area contributed by atoms with Gasteiger partial charge < -0.3 is 10.5 Å². The van der Waals surface area contributed by atoms with Crippen molar-refractivity contribution in [3.05, 3.63) is 41.2 Å². The smallest absolute Gasteiger partial charge is 0.239 e. The molecule has 0 fully saturated rings. The van der Waals surface area contributed by atoms with Gasteiger partial charge in [-0.15, -0.1) is 0 Å². The van der Waals surface area contributed by atoms with Crippen molar-refractivity contribution in [2.24, 2.45) is 0 Å². The van der Waals surface area contributed by atoms with Gasteiger partial charge in [0.15, 0.2) is 0 Å². The first-order chi connectivity index (χ1) is 8.13. The highest BCUT2D eigenvalue weighted by atomic mass is 35.5. The highest BCUT2D eigenvalue weighted by Gasteiger charge is 2.12. The Morgan fingerprint density at radius 1 is 1.35 bits per heavy atom. The molecule has 1 heterocycles. The third kappa shape index (κ3) is 2.17. The lowest BCUT2D eigenvalue weighted by atomic mass is 10.1. The van der Waals surface area contributed by atoms with Crippen molar-refractivity contribution in [2.45, 2.75) is 0 Å². The van der Waals surface area contributed by atoms with E-state index in [2.05, 4.69) is 4.98 Å². The molecule has 0 aliphatic rings. The van der Waals surface area contributed by atoms with Gasteiger partial charge in [-0.05, 0) is 18.2 Å². The van der Waals surface area contributed by atoms with Crippen LogP contribution in [0.15, 0.2) is 30.3 Å². The number of methoxy groups -OCH3 is 1. The van der Waals surface area contributed by atoms with Crippen molar-refractivity contribution in [2.75, 3.05) is 12.8 Å². The molecule has 1 aromatic carbocycles. The summed E-state index contributed by atoms with van der Waals surface area (Å²) in [5.41, 5.74) is 6.65. The van der Waals surface area contributed by atoms with Crippen LogP contribution in [0.25, 0.3) is 11.3 Å². The van der Waals surface area contributed by atoms with Gasteiger partial charge in [0.25, 0.3) is 0 Å². The van der Waals surface area contributed by atoms with Gasteiger partial charge in [-0.2, -0.15) is 0 Å². The quantitative estimate of drug-likeness (QED) is 0.893. The summed E-state index contributed by atoms with van der Waals surface area (Å²) in [6, 6.07) is 7.81. The number of halogens is 2. The Hall–Kier alpha value is -1.81. The van der Waals surface area contributed by atoms with Crippen LogP contribution in [0.4, 0.5) is 10.1 Å². The second-order valence-electron chi connectivity index (χ2n) is 3.39. The van der Waals surface area contributed by atoms with Crippen LogP contribution in [0.3, 0.4) is 0 Å². The van der Waals surface area contributed by atoms with Gasteiger partial charge in [-0.1, -0.05) is 23.7 Å². The van der Waals surface area contributed by atoms with E-state index in [0.29, 0.717) is 11.3 Å². The van der Waals surface area contributed by atoms with Crippen molar-refractivity contribution in [3.8, 4) is 17.1 Å². The topological polar surface area (TPSA) is 48.1 Å². The summed E-state index contributed by atoms with van der Waals surface area (Å²) in [6.45, 7) is 0. The maximum absolute atomic E-state index is 13.6. The fourth-order valence-electron chi connectivity index (χ4n) is 1.46. The van der Waals surface area contributed by atoms with E-state index in [1.54, 1.807) is 18.2 Å². The number of aromatic nitrogens is 1. The maximum atomic E-state index is 13.6. The highest BCUT2D eigenvalue weighted by Crippen LogP contribution is 2.32. The second kappa shape index (κ2) is 4.59. The molecule has 0 radical (unpaired) electrons. The molecule has 3 nitrogen and oxygen atoms in total. The van der Waals surface area contributed by atoms with E-state index in [-0.39, 0.29) is 22.4 Å². The molecule has 17 heavy (non-hydrogen) atoms. The predicted molar refractivity (Wildman–Crippen MR) is 65.6 cm³/mol. The molecule has 0 amide bonds. The molecule has 2 N–H and O–H groups in total. The first kappa shape index (κ1) is 11.7. The summed E-state index contributed by atoms with van der Waals surface area (Å²) < 4.78 is 18.6. The monoisotopic (exact) mass is 252 g/mol. The number of hydrogen-bond donors (Lipinski definition) is 1. The van der Waals surface area contributed by atoms with Crippen molar-refractivity contribution in [1.29, 1.82) is 0 Å². The van der Waals surface area contributed by atoms with Gasteiger partial charge in [0.1, 0.15) is 11.5 Å². The molecule has 0 saturated carbocycles. The lowest BCUT2D eigenvalue weighted by molar-refractivity contribution is 0.401. The zero-order valence-electron chi connectivity index (χ0n) is 9.08. The fourth-order valence-corrected chi connectivity index (χ4v) is 1.65. The number of nitrogens with zero attached hydrogens (tertiary/aromatic N) is 1. The van der Waals surface area contributed by atoms with Gasteiger partial charge >= 0.3 is 0 Å². The predicted octanol–water partition coefficient (Wildman–Crippen LogP) is 3.13. The molecule has 0 aliphatic carbocycles. The summed E-state index contributed by atoms with van der Waals surface area (Å²) >= 11 is 5.93. The van der Waals surface area contributed by atoms with Crippen molar-refractivity contribution in [1.82, 2.24) is 4.98 Å². The summed E-state index contributed by atoms with van der Waals surface area (Å²) in [5, 5.41) is 0.287. The highest BCUT2D eigenvalue weighted by molar-refractivity contribution is 6.33. The third-order valence-corrected chi connectivity index (χ3v) is 2.63. The van der Waals surface area contributed by atoms with Crippen LogP contribution in [-0.2, 0) is 0 Å². The standard InChI is InChI=1S/C12H10ClFN2O/c1-17-12-11(15)8(13)6-10(16-12)7-4-2-3-5-9(7)14/h2-6H,15H2,1H3. The largest absolute Gasteiger partial charge is 0.479 e. The minimum atomic E-state index is -0.372. The number of pyridine rings is 1. The summed E-state index contributed by atoms with van der Waals surface area (Å²) in [7, 11) is 1.43. The van der Waals surface area contributed by atoms with Gasteiger partial charge in [-0.25, -0.2) is 9.37 Å². The van der Waals surface area contributed by atoms with Crippen LogP contribution < -0.4 is 10.5 Å². The summed E-state index contributed by atoms with van der Waals surface area (Å²) in [5.74, 6) is -0.182. The molecule has 88 valence electrons. The number of anilines is 1. The Bertz CT molecular complexity index is 560. The van der Waals surface area contributed by atoms with E-state index >= 15 is 0 Å². The molecule has 0 spiro atoms. The SMILES string of the molecule is COc1nc(-c2ccccc2F)cc(Cl)c1N. The zero-order valence-corrected chi connectivity index (χ0v) is 9.83. The number of nitrogens with two attached hydrogens (primary N) is 1. The Kier molecular flexibility index (Phi) is 3.15. The van der Waals surface area contributed by atoms with Gasteiger partial charge in [0.2, 0.25) is 5.88 Å². The van der Waals surface area contributed by atoms with Crippen LogP contribution in [-0.4, -0.2) is 12.1 Å². The molecule has 2 aromatic rings. The molecule has 0 unspecified atom stereocenters. The van der Waals surface area contributed by atoms with Crippen LogP contribution in [0.5, 0.6) is 5.88 Å². The van der Waals surface area contributed by atoms with Crippen LogP contribution in [0, 0.1) is 5.82 Å². The number of rotatable bonds is 2. The van der Waals surface area contributed by atoms with E-state index in [9.17, 15) is 4.39 Å². The second-order valence-corrected chi connectivity index (χ2v) is 3.80. The van der Waals surface area contributed by atoms with E-state index in [0.717, 1.165) is 0 Å². The Morgan fingerprint density at radius 3 is 2.71 bits per heavy atom. The van der Waals surface area contributed by atoms with E-state index in [4.69, 9.17) is 22.1 Å². The molecule has 0 aliphatic heterocycles. The fraction of sp³-hybridized carbons (Fsp3) is 0.0833. The average Bonchev–Trinajstić information content (AvgIpc) is 2.33. The van der Waals surface area contributed by atoms with Gasteiger partial charge in [0, 0.05) is 5.56 Å². The Balaban J connectivity index is 2.61. The van der Waals surface area contributed by atoms with E-state index < -0.39 is 0 Å². The summed E-state index contributed by atoms with van der Waals surface area (Å²) in [6.07, 6.45) is 0. The Morgan fingerprint density at radius 2 is 2.06 bits per heavy atom. The van der Waals surface area contributed by atoms with Crippen LogP contribution in [0.1, 0.15) is 0 Å². The number of hydrogen-bond acceptors (Lipinski definition) is 3. The molecule has 1 aromatic heterocycles. The van der Waals surface area contributed by atoms with Gasteiger partial charge in [-0.3, -0.25) is 0 Å².